The lowest BCUT2D eigenvalue weighted by atomic mass is 10.2. The molecule has 0 bridgehead atoms. The minimum Gasteiger partial charge on any atom is -0.494 e. The fourth-order valence-corrected chi connectivity index (χ4v) is 3.58. The second kappa shape index (κ2) is 7.00. The van der Waals surface area contributed by atoms with Crippen molar-refractivity contribution in [1.82, 2.24) is 9.88 Å². The van der Waals surface area contributed by atoms with Gasteiger partial charge in [0.05, 0.1) is 6.61 Å². The van der Waals surface area contributed by atoms with Gasteiger partial charge in [-0.2, -0.15) is 0 Å². The highest BCUT2D eigenvalue weighted by Crippen LogP contribution is 2.27. The van der Waals surface area contributed by atoms with E-state index in [1.165, 1.54) is 16.2 Å². The van der Waals surface area contributed by atoms with Crippen LogP contribution in [0.15, 0.2) is 29.6 Å². The maximum Gasteiger partial charge on any atom is 0.326 e. The van der Waals surface area contributed by atoms with Gasteiger partial charge in [0.15, 0.2) is 0 Å². The average Bonchev–Trinajstić information content (AvgIpc) is 3.25. The first-order valence-electron chi connectivity index (χ1n) is 7.82. The molecule has 7 heteroatoms. The fourth-order valence-electron chi connectivity index (χ4n) is 2.78. The first-order chi connectivity index (χ1) is 11.6. The molecule has 6 nitrogen and oxygen atoms in total. The van der Waals surface area contributed by atoms with E-state index in [-0.39, 0.29) is 5.91 Å². The number of carbonyl (C=O) groups is 2. The van der Waals surface area contributed by atoms with Gasteiger partial charge in [0.25, 0.3) is 5.91 Å². The molecule has 3 rings (SSSR count). The van der Waals surface area contributed by atoms with Crippen LogP contribution in [0.4, 0.5) is 0 Å². The third kappa shape index (κ3) is 3.26. The van der Waals surface area contributed by atoms with Gasteiger partial charge in [0.2, 0.25) is 0 Å². The summed E-state index contributed by atoms with van der Waals surface area (Å²) in [5, 5.41) is 11.6. The molecule has 1 aromatic heterocycles. The third-order valence-electron chi connectivity index (χ3n) is 3.93. The Bertz CT molecular complexity index is 741. The van der Waals surface area contributed by atoms with Crippen LogP contribution in [-0.4, -0.2) is 46.1 Å². The molecule has 1 amide bonds. The zero-order chi connectivity index (χ0) is 17.1. The highest BCUT2D eigenvalue weighted by atomic mass is 32.1. The Labute approximate surface area is 143 Å². The summed E-state index contributed by atoms with van der Waals surface area (Å²) in [4.78, 5) is 29.6. The maximum absolute atomic E-state index is 12.5. The van der Waals surface area contributed by atoms with Gasteiger partial charge < -0.3 is 14.7 Å². The van der Waals surface area contributed by atoms with Gasteiger partial charge in [0, 0.05) is 17.5 Å². The standard InChI is InChI=1S/C17H18N2O4S/c1-2-23-12-7-5-11(6-8-12)15-18-13(10-24-15)16(20)19-9-3-4-14(19)17(21)22/h5-8,10,14H,2-4,9H2,1H3,(H,21,22). The largest absolute Gasteiger partial charge is 0.494 e. The quantitative estimate of drug-likeness (QED) is 0.900. The molecule has 126 valence electrons. The van der Waals surface area contributed by atoms with Crippen molar-refractivity contribution in [3.63, 3.8) is 0 Å². The summed E-state index contributed by atoms with van der Waals surface area (Å²) < 4.78 is 5.41. The lowest BCUT2D eigenvalue weighted by molar-refractivity contribution is -0.141. The Hall–Kier alpha value is -2.41. The Kier molecular flexibility index (Phi) is 4.80. The number of carboxylic acids is 1. The van der Waals surface area contributed by atoms with E-state index in [0.717, 1.165) is 16.3 Å². The number of ether oxygens (including phenoxy) is 1. The van der Waals surface area contributed by atoms with Crippen molar-refractivity contribution in [2.45, 2.75) is 25.8 Å². The Morgan fingerprint density at radius 1 is 1.38 bits per heavy atom. The van der Waals surface area contributed by atoms with Crippen molar-refractivity contribution in [3.05, 3.63) is 35.3 Å². The number of carboxylic acid groups (broad SMARTS) is 1. The summed E-state index contributed by atoms with van der Waals surface area (Å²) in [6.07, 6.45) is 1.20. The van der Waals surface area contributed by atoms with Gasteiger partial charge in [-0.1, -0.05) is 0 Å². The molecule has 1 unspecified atom stereocenters. The molecule has 2 heterocycles. The molecule has 0 spiro atoms. The molecule has 0 saturated carbocycles. The zero-order valence-corrected chi connectivity index (χ0v) is 14.1. The van der Waals surface area contributed by atoms with E-state index in [1.54, 1.807) is 5.38 Å². The minimum atomic E-state index is -0.956. The van der Waals surface area contributed by atoms with Gasteiger partial charge >= 0.3 is 5.97 Å². The van der Waals surface area contributed by atoms with Crippen LogP contribution in [0.25, 0.3) is 10.6 Å². The van der Waals surface area contributed by atoms with Gasteiger partial charge in [0.1, 0.15) is 22.5 Å². The van der Waals surface area contributed by atoms with Crippen LogP contribution < -0.4 is 4.74 Å². The molecule has 1 fully saturated rings. The lowest BCUT2D eigenvalue weighted by Gasteiger charge is -2.20. The topological polar surface area (TPSA) is 79.7 Å². The number of rotatable bonds is 5. The van der Waals surface area contributed by atoms with Gasteiger partial charge in [-0.25, -0.2) is 9.78 Å². The number of aliphatic carboxylic acids is 1. The first-order valence-corrected chi connectivity index (χ1v) is 8.70. The van der Waals surface area contributed by atoms with Crippen molar-refractivity contribution < 1.29 is 19.4 Å². The van der Waals surface area contributed by atoms with Crippen LogP contribution >= 0.6 is 11.3 Å². The Morgan fingerprint density at radius 3 is 2.79 bits per heavy atom. The number of thiazole rings is 1. The van der Waals surface area contributed by atoms with E-state index < -0.39 is 12.0 Å². The van der Waals surface area contributed by atoms with Crippen LogP contribution in [0.3, 0.4) is 0 Å². The average molecular weight is 346 g/mol. The second-order valence-electron chi connectivity index (χ2n) is 5.49. The number of nitrogens with zero attached hydrogens (tertiary/aromatic N) is 2. The normalized spacial score (nSPS) is 17.0. The molecule has 24 heavy (non-hydrogen) atoms. The molecule has 0 radical (unpaired) electrons. The number of hydrogen-bond donors (Lipinski definition) is 1. The SMILES string of the molecule is CCOc1ccc(-c2nc(C(=O)N3CCCC3C(=O)O)cs2)cc1. The summed E-state index contributed by atoms with van der Waals surface area (Å²) >= 11 is 1.37. The van der Waals surface area contributed by atoms with E-state index in [0.29, 0.717) is 31.7 Å². The Morgan fingerprint density at radius 2 is 2.12 bits per heavy atom. The number of amides is 1. The van der Waals surface area contributed by atoms with Crippen molar-refractivity contribution in [1.29, 1.82) is 0 Å². The van der Waals surface area contributed by atoms with E-state index in [2.05, 4.69) is 4.98 Å². The van der Waals surface area contributed by atoms with Crippen LogP contribution in [0, 0.1) is 0 Å². The smallest absolute Gasteiger partial charge is 0.326 e. The molecule has 1 N–H and O–H groups in total. The summed E-state index contributed by atoms with van der Waals surface area (Å²) in [6.45, 7) is 3.00. The van der Waals surface area contributed by atoms with Crippen LogP contribution in [0.1, 0.15) is 30.3 Å². The molecule has 1 saturated heterocycles. The zero-order valence-electron chi connectivity index (χ0n) is 13.3. The number of aromatic nitrogens is 1. The number of likely N-dealkylation sites (tertiary alicyclic amines) is 1. The molecule has 1 aromatic carbocycles. The molecule has 0 aliphatic carbocycles. The van der Waals surface area contributed by atoms with E-state index in [1.807, 2.05) is 31.2 Å². The fraction of sp³-hybridized carbons (Fsp3) is 0.353. The summed E-state index contributed by atoms with van der Waals surface area (Å²) in [6, 6.07) is 6.78. The Balaban J connectivity index is 1.77. The maximum atomic E-state index is 12.5. The van der Waals surface area contributed by atoms with Gasteiger partial charge in [-0.05, 0) is 44.0 Å². The predicted molar refractivity (Wildman–Crippen MR) is 90.4 cm³/mol. The highest BCUT2D eigenvalue weighted by molar-refractivity contribution is 7.13. The number of benzene rings is 1. The van der Waals surface area contributed by atoms with Crippen LogP contribution in [-0.2, 0) is 4.79 Å². The van der Waals surface area contributed by atoms with Crippen LogP contribution in [0.2, 0.25) is 0 Å². The summed E-state index contributed by atoms with van der Waals surface area (Å²) in [5.41, 5.74) is 1.20. The second-order valence-corrected chi connectivity index (χ2v) is 6.35. The van der Waals surface area contributed by atoms with E-state index in [4.69, 9.17) is 4.74 Å². The highest BCUT2D eigenvalue weighted by Gasteiger charge is 2.35. The molecular weight excluding hydrogens is 328 g/mol. The van der Waals surface area contributed by atoms with Crippen molar-refractivity contribution in [3.8, 4) is 16.3 Å². The number of carbonyl (C=O) groups excluding carboxylic acids is 1. The van der Waals surface area contributed by atoms with Gasteiger partial charge in [-0.3, -0.25) is 4.79 Å². The van der Waals surface area contributed by atoms with Crippen LogP contribution in [0.5, 0.6) is 5.75 Å². The van der Waals surface area contributed by atoms with Crippen molar-refractivity contribution >= 4 is 23.2 Å². The van der Waals surface area contributed by atoms with Crippen molar-refractivity contribution in [2.75, 3.05) is 13.2 Å². The molecular formula is C17H18N2O4S. The monoisotopic (exact) mass is 346 g/mol. The molecule has 1 atom stereocenters. The van der Waals surface area contributed by atoms with E-state index >= 15 is 0 Å². The van der Waals surface area contributed by atoms with Gasteiger partial charge in [-0.15, -0.1) is 11.3 Å². The molecule has 2 aromatic rings. The minimum absolute atomic E-state index is 0.303. The summed E-state index contributed by atoms with van der Waals surface area (Å²) in [7, 11) is 0. The summed E-state index contributed by atoms with van der Waals surface area (Å²) in [5.74, 6) is -0.480. The van der Waals surface area contributed by atoms with Crippen molar-refractivity contribution in [2.24, 2.45) is 0 Å². The molecule has 1 aliphatic heterocycles. The lowest BCUT2D eigenvalue weighted by Crippen LogP contribution is -2.40. The number of hydrogen-bond acceptors (Lipinski definition) is 5. The third-order valence-corrected chi connectivity index (χ3v) is 4.83. The van der Waals surface area contributed by atoms with E-state index in [9.17, 15) is 14.7 Å². The predicted octanol–water partition coefficient (Wildman–Crippen LogP) is 2.90. The first kappa shape index (κ1) is 16.4. The molecule has 1 aliphatic rings.